The van der Waals surface area contributed by atoms with Crippen LogP contribution in [0.5, 0.6) is 5.75 Å². The number of alkyl halides is 2. The Bertz CT molecular complexity index is 3100. The second-order valence-corrected chi connectivity index (χ2v) is 21.0. The highest BCUT2D eigenvalue weighted by Gasteiger charge is 2.45. The van der Waals surface area contributed by atoms with Crippen molar-refractivity contribution in [2.45, 2.75) is 104 Å². The average molecular weight is 1020 g/mol. The number of aryl methyl sites for hydroxylation is 1. The lowest BCUT2D eigenvalue weighted by molar-refractivity contribution is -0.142. The Labute approximate surface area is 424 Å². The highest BCUT2D eigenvalue weighted by Crippen LogP contribution is 2.46. The van der Waals surface area contributed by atoms with E-state index in [9.17, 15) is 24.3 Å². The smallest absolute Gasteiger partial charge is 0.291 e. The van der Waals surface area contributed by atoms with Gasteiger partial charge in [0, 0.05) is 69.4 Å². The molecule has 4 aliphatic heterocycles. The first kappa shape index (κ1) is 49.6. The fourth-order valence-corrected chi connectivity index (χ4v) is 11.1. The van der Waals surface area contributed by atoms with E-state index in [4.69, 9.17) is 14.6 Å². The molecule has 4 amide bonds. The summed E-state index contributed by atoms with van der Waals surface area (Å²) >= 11 is 1.55. The van der Waals surface area contributed by atoms with Crippen molar-refractivity contribution >= 4 is 57.5 Å². The van der Waals surface area contributed by atoms with Crippen LogP contribution >= 0.6 is 11.3 Å². The van der Waals surface area contributed by atoms with Crippen molar-refractivity contribution < 1.29 is 42.5 Å². The number of aliphatic hydroxyl groups is 1. The maximum absolute atomic E-state index is 15.3. The number of fused-ring (bicyclic) bond motifs is 3. The molecule has 6 aromatic rings. The Morgan fingerprint density at radius 2 is 1.73 bits per heavy atom. The molecule has 18 nitrogen and oxygen atoms in total. The number of rotatable bonds is 11. The van der Waals surface area contributed by atoms with Crippen molar-refractivity contribution in [3.05, 3.63) is 94.0 Å². The summed E-state index contributed by atoms with van der Waals surface area (Å²) in [5, 5.41) is 29.9. The Morgan fingerprint density at radius 3 is 2.44 bits per heavy atom. The van der Waals surface area contributed by atoms with Crippen LogP contribution in [0.4, 0.5) is 20.3 Å². The molecule has 10 rings (SSSR count). The van der Waals surface area contributed by atoms with Gasteiger partial charge in [0.2, 0.25) is 23.5 Å². The van der Waals surface area contributed by atoms with Gasteiger partial charge in [-0.2, -0.15) is 5.10 Å². The Morgan fingerprint density at radius 1 is 0.959 bits per heavy atom. The van der Waals surface area contributed by atoms with E-state index in [1.807, 2.05) is 36.1 Å². The van der Waals surface area contributed by atoms with Crippen molar-refractivity contribution in [3.63, 3.8) is 0 Å². The molecule has 3 aromatic heterocycles. The number of carbonyl (C=O) groups excluding carboxylic acids is 4. The van der Waals surface area contributed by atoms with Gasteiger partial charge in [0.1, 0.15) is 30.0 Å². The van der Waals surface area contributed by atoms with Crippen molar-refractivity contribution in [2.75, 3.05) is 44.4 Å². The van der Waals surface area contributed by atoms with Crippen LogP contribution in [0, 0.1) is 12.3 Å². The first-order chi connectivity index (χ1) is 35.0. The molecule has 0 saturated carbocycles. The summed E-state index contributed by atoms with van der Waals surface area (Å²) in [6, 6.07) is 13.5. The number of anilines is 2. The molecule has 382 valence electrons. The zero-order valence-corrected chi connectivity index (χ0v) is 42.0. The van der Waals surface area contributed by atoms with Crippen molar-refractivity contribution in [2.24, 2.45) is 5.41 Å². The minimum Gasteiger partial charge on any atom is -0.490 e. The van der Waals surface area contributed by atoms with Crippen LogP contribution in [0.3, 0.4) is 0 Å². The maximum Gasteiger partial charge on any atom is 0.291 e. The van der Waals surface area contributed by atoms with Crippen LogP contribution in [0.25, 0.3) is 32.6 Å². The van der Waals surface area contributed by atoms with E-state index in [2.05, 4.69) is 35.5 Å². The third kappa shape index (κ3) is 9.96. The number of carbonyl (C=O) groups is 4. The van der Waals surface area contributed by atoms with E-state index in [1.165, 1.54) is 11.0 Å². The molecular weight excluding hydrogens is 961 g/mol. The molecule has 2 fully saturated rings. The van der Waals surface area contributed by atoms with E-state index >= 15 is 8.78 Å². The fraction of sp³-hybridized carbons (Fsp3) is 0.442. The van der Waals surface area contributed by atoms with Gasteiger partial charge in [0.25, 0.3) is 12.3 Å². The number of nitrogens with zero attached hydrogens (tertiary/aromatic N) is 9. The molecule has 0 spiro atoms. The number of halogens is 2. The van der Waals surface area contributed by atoms with Crippen LogP contribution in [0.15, 0.2) is 60.1 Å². The minimum atomic E-state index is -2.91. The zero-order valence-electron chi connectivity index (χ0n) is 41.2. The van der Waals surface area contributed by atoms with Crippen LogP contribution < -0.4 is 20.3 Å². The monoisotopic (exact) mass is 1020 g/mol. The van der Waals surface area contributed by atoms with E-state index in [1.54, 1.807) is 73.7 Å². The van der Waals surface area contributed by atoms with Crippen LogP contribution in [-0.4, -0.2) is 126 Å². The molecule has 3 N–H and O–H groups in total. The summed E-state index contributed by atoms with van der Waals surface area (Å²) in [4.78, 5) is 69.6. The SMILES string of the molecule is CC(=O)N1CCc2c(c(N3CCOc4cc(-c5ccc6nnc(C(=O)N[C@H](C(=O)N7C[C@H](O)C[C@H]7C(=O)NCc7ccc(-c8scnc8C)cc7)C(C)(C)C)nc6c5)c(C(F)F)cc43)nn2C2CCOCC2)C1. The minimum absolute atomic E-state index is 0.0129. The van der Waals surface area contributed by atoms with Gasteiger partial charge >= 0.3 is 0 Å². The molecule has 73 heavy (non-hydrogen) atoms. The second kappa shape index (κ2) is 20.1. The summed E-state index contributed by atoms with van der Waals surface area (Å²) in [6.45, 7) is 11.6. The maximum atomic E-state index is 15.3. The number of benzene rings is 3. The summed E-state index contributed by atoms with van der Waals surface area (Å²) < 4.78 is 44.5. The van der Waals surface area contributed by atoms with Gasteiger partial charge in [-0.15, -0.1) is 21.5 Å². The molecule has 0 bridgehead atoms. The van der Waals surface area contributed by atoms with Crippen LogP contribution in [0.2, 0.25) is 0 Å². The predicted molar refractivity (Wildman–Crippen MR) is 267 cm³/mol. The lowest BCUT2D eigenvalue weighted by Crippen LogP contribution is -2.57. The standard InChI is InChI=1S/C52H57F2N11O7S/c1-28-44(73-27-56-28)31-8-6-30(7-9-31)24-55-49(68)42-21-34(67)25-64(42)51(70)45(52(3,4)5)58-50(69)47-57-39-20-32(10-11-38(39)59-60-47)35-23-43-41(22-36(35)46(53)54)63(16-19-72-43)48-37-26-62(29(2)66)15-12-40(37)65(61-48)33-13-17-71-18-14-33/h6-11,20,22-23,27,33-34,42,45-46,67H,12-19,21,24-26H2,1-5H3,(H,55,68)(H,58,69)/t34-,42+,45-/m1/s1. The topological polar surface area (TPSA) is 210 Å². The number of thiazole rings is 1. The van der Waals surface area contributed by atoms with E-state index in [0.717, 1.165) is 45.8 Å². The van der Waals surface area contributed by atoms with Crippen LogP contribution in [0.1, 0.15) is 98.1 Å². The number of amides is 4. The number of aromatic nitrogens is 6. The number of ether oxygens (including phenoxy) is 2. The number of hydrogen-bond acceptors (Lipinski definition) is 14. The van der Waals surface area contributed by atoms with E-state index in [-0.39, 0.29) is 66.1 Å². The molecule has 7 heterocycles. The predicted octanol–water partition coefficient (Wildman–Crippen LogP) is 6.47. The highest BCUT2D eigenvalue weighted by atomic mass is 32.1. The first-order valence-corrected chi connectivity index (χ1v) is 25.4. The molecular formula is C52H57F2N11O7S. The highest BCUT2D eigenvalue weighted by molar-refractivity contribution is 7.13. The second-order valence-electron chi connectivity index (χ2n) is 20.1. The van der Waals surface area contributed by atoms with Gasteiger partial charge < -0.3 is 39.9 Å². The van der Waals surface area contributed by atoms with Gasteiger partial charge in [-0.1, -0.05) is 51.1 Å². The van der Waals surface area contributed by atoms with Crippen molar-refractivity contribution in [1.29, 1.82) is 0 Å². The lowest BCUT2D eigenvalue weighted by atomic mass is 9.85. The fourth-order valence-electron chi connectivity index (χ4n) is 10.2. The third-order valence-corrected chi connectivity index (χ3v) is 15.2. The van der Waals surface area contributed by atoms with Crippen LogP contribution in [-0.2, 0) is 38.6 Å². The number of β-amino-alcohol motifs (C(OH)–C–C–N with tert-alkyl or cyclic N) is 1. The van der Waals surface area contributed by atoms with Gasteiger partial charge in [-0.25, -0.2) is 18.7 Å². The zero-order chi connectivity index (χ0) is 51.3. The molecule has 4 aliphatic rings. The number of nitrogens with one attached hydrogen (secondary N) is 2. The normalized spacial score (nSPS) is 18.6. The van der Waals surface area contributed by atoms with Crippen molar-refractivity contribution in [1.82, 2.24) is 50.4 Å². The van der Waals surface area contributed by atoms with E-state index in [0.29, 0.717) is 62.1 Å². The molecule has 21 heteroatoms. The molecule has 3 aromatic carbocycles. The molecule has 2 saturated heterocycles. The number of likely N-dealkylation sites (tertiary alicyclic amines) is 1. The van der Waals surface area contributed by atoms with Crippen molar-refractivity contribution in [3.8, 4) is 27.3 Å². The number of aliphatic hydroxyl groups excluding tert-OH is 1. The average Bonchev–Trinajstić information content (AvgIpc) is 4.12. The third-order valence-electron chi connectivity index (χ3n) is 14.2. The Hall–Kier alpha value is -6.97. The molecule has 3 atom stereocenters. The molecule has 0 unspecified atom stereocenters. The van der Waals surface area contributed by atoms with Gasteiger partial charge in [0.05, 0.1) is 52.5 Å². The summed E-state index contributed by atoms with van der Waals surface area (Å²) in [7, 11) is 0. The molecule has 0 aliphatic carbocycles. The Balaban J connectivity index is 0.884. The lowest BCUT2D eigenvalue weighted by Gasteiger charge is -2.35. The molecule has 0 radical (unpaired) electrons. The summed E-state index contributed by atoms with van der Waals surface area (Å²) in [6.07, 6.45) is -1.66. The first-order valence-electron chi connectivity index (χ1n) is 24.5. The van der Waals surface area contributed by atoms with Gasteiger partial charge in [-0.3, -0.25) is 23.9 Å². The quantitative estimate of drug-likeness (QED) is 0.127. The number of hydrogen-bond donors (Lipinski definition) is 3. The van der Waals surface area contributed by atoms with Gasteiger partial charge in [0.15, 0.2) is 5.82 Å². The summed E-state index contributed by atoms with van der Waals surface area (Å²) in [5.41, 5.74) is 6.82. The summed E-state index contributed by atoms with van der Waals surface area (Å²) in [5.74, 6) is -1.28. The van der Waals surface area contributed by atoms with Gasteiger partial charge in [-0.05, 0) is 71.7 Å². The Kier molecular flexibility index (Phi) is 13.7. The van der Waals surface area contributed by atoms with E-state index < -0.39 is 47.7 Å². The largest absolute Gasteiger partial charge is 0.490 e.